The molecule has 0 spiro atoms. The van der Waals surface area contributed by atoms with Gasteiger partial charge < -0.3 is 14.0 Å². The van der Waals surface area contributed by atoms with Gasteiger partial charge in [-0.25, -0.2) is 13.8 Å². The molecule has 1 aliphatic rings. The molecule has 14 heteroatoms. The van der Waals surface area contributed by atoms with E-state index in [1.165, 1.54) is 20.0 Å². The number of hydrogen-bond acceptors (Lipinski definition) is 8. The lowest BCUT2D eigenvalue weighted by molar-refractivity contribution is -0.149. The van der Waals surface area contributed by atoms with E-state index < -0.39 is 49.0 Å². The molecule has 1 unspecified atom stereocenters. The molecular weight excluding hydrogens is 611 g/mol. The molecule has 1 aromatic carbocycles. The van der Waals surface area contributed by atoms with E-state index in [4.69, 9.17) is 18.5 Å². The minimum atomic E-state index is -4.18. The van der Waals surface area contributed by atoms with Gasteiger partial charge >= 0.3 is 19.4 Å². The van der Waals surface area contributed by atoms with Gasteiger partial charge in [-0.2, -0.15) is 5.09 Å². The molecule has 0 aliphatic carbocycles. The molecule has 36 heavy (non-hydrogen) atoms. The van der Waals surface area contributed by atoms with Gasteiger partial charge in [-0.15, -0.1) is 0 Å². The van der Waals surface area contributed by atoms with E-state index in [0.717, 1.165) is 4.57 Å². The molecule has 11 nitrogen and oxygen atoms in total. The average Bonchev–Trinajstić information content (AvgIpc) is 3.09. The van der Waals surface area contributed by atoms with Crippen molar-refractivity contribution in [3.63, 3.8) is 0 Å². The molecule has 0 radical (unpaired) electrons. The monoisotopic (exact) mass is 639 g/mol. The standard InChI is InChI=1S/C22H28FIN3O8P/c1-13(2)33-19(29)14(3)26-36(31,35-15-8-6-5-7-9-15)32-12-16-10-22(4,23)20(34-16)27-11-17(24)18(28)25-21(27)30/h5-9,11,13-14,16,20H,10,12H2,1-4H3,(H,26,31)(H,25,28,30)/t14-,16+,20-,22-,36?/m1/s1. The van der Waals surface area contributed by atoms with Gasteiger partial charge in [0, 0.05) is 12.6 Å². The number of nitrogens with one attached hydrogen (secondary N) is 2. The fourth-order valence-electron chi connectivity index (χ4n) is 3.52. The van der Waals surface area contributed by atoms with E-state index in [-0.39, 0.29) is 28.5 Å². The van der Waals surface area contributed by atoms with E-state index in [0.29, 0.717) is 0 Å². The van der Waals surface area contributed by atoms with Crippen LogP contribution in [0.2, 0.25) is 0 Å². The van der Waals surface area contributed by atoms with Gasteiger partial charge in [0.15, 0.2) is 11.9 Å². The number of aromatic nitrogens is 2. The number of H-pyrrole nitrogens is 1. The lowest BCUT2D eigenvalue weighted by Gasteiger charge is -2.24. The fourth-order valence-corrected chi connectivity index (χ4v) is 5.48. The Morgan fingerprint density at radius 3 is 2.64 bits per heavy atom. The van der Waals surface area contributed by atoms with Crippen molar-refractivity contribution < 1.29 is 32.3 Å². The highest BCUT2D eigenvalue weighted by Gasteiger charge is 2.48. The van der Waals surface area contributed by atoms with E-state index >= 15 is 4.39 Å². The van der Waals surface area contributed by atoms with Crippen LogP contribution >= 0.6 is 30.3 Å². The maximum atomic E-state index is 15.4. The average molecular weight is 639 g/mol. The van der Waals surface area contributed by atoms with Crippen molar-refractivity contribution in [1.29, 1.82) is 0 Å². The van der Waals surface area contributed by atoms with Crippen molar-refractivity contribution in [1.82, 2.24) is 14.6 Å². The third kappa shape index (κ3) is 7.25. The van der Waals surface area contributed by atoms with E-state index in [1.54, 1.807) is 66.8 Å². The molecule has 0 bridgehead atoms. The predicted octanol–water partition coefficient (Wildman–Crippen LogP) is 3.29. The second-order valence-corrected chi connectivity index (χ2v) is 11.6. The van der Waals surface area contributed by atoms with Crippen LogP contribution in [0, 0.1) is 3.57 Å². The van der Waals surface area contributed by atoms with Crippen molar-refractivity contribution in [2.24, 2.45) is 0 Å². The van der Waals surface area contributed by atoms with Crippen LogP contribution in [-0.4, -0.2) is 46.0 Å². The number of carbonyl (C=O) groups excluding carboxylic acids is 1. The van der Waals surface area contributed by atoms with E-state index in [1.807, 2.05) is 0 Å². The summed E-state index contributed by atoms with van der Waals surface area (Å²) < 4.78 is 52.1. The van der Waals surface area contributed by atoms with Gasteiger partial charge in [0.25, 0.3) is 5.56 Å². The number of benzene rings is 1. The smallest absolute Gasteiger partial charge is 0.459 e. The van der Waals surface area contributed by atoms with Gasteiger partial charge in [-0.3, -0.25) is 23.7 Å². The third-order valence-corrected chi connectivity index (χ3v) is 7.51. The number of para-hydroxylation sites is 1. The lowest BCUT2D eigenvalue weighted by Crippen LogP contribution is -2.39. The molecule has 1 saturated heterocycles. The predicted molar refractivity (Wildman–Crippen MR) is 137 cm³/mol. The Labute approximate surface area is 220 Å². The van der Waals surface area contributed by atoms with E-state index in [2.05, 4.69) is 10.1 Å². The van der Waals surface area contributed by atoms with Gasteiger partial charge in [0.2, 0.25) is 0 Å². The second kappa shape index (κ2) is 11.5. The Balaban J connectivity index is 1.77. The molecule has 1 aliphatic heterocycles. The zero-order valence-electron chi connectivity index (χ0n) is 20.1. The lowest BCUT2D eigenvalue weighted by atomic mass is 10.0. The molecule has 1 aromatic heterocycles. The number of rotatable bonds is 10. The zero-order chi connectivity index (χ0) is 26.7. The maximum Gasteiger partial charge on any atom is 0.459 e. The van der Waals surface area contributed by atoms with Gasteiger partial charge in [0.1, 0.15) is 11.8 Å². The van der Waals surface area contributed by atoms with Crippen LogP contribution in [0.3, 0.4) is 0 Å². The number of halogens is 2. The summed E-state index contributed by atoms with van der Waals surface area (Å²) >= 11 is 1.73. The highest BCUT2D eigenvalue weighted by molar-refractivity contribution is 14.1. The number of carbonyl (C=O) groups is 1. The molecule has 2 aromatic rings. The summed E-state index contributed by atoms with van der Waals surface area (Å²) in [5.41, 5.74) is -3.43. The van der Waals surface area contributed by atoms with Crippen LogP contribution in [0.15, 0.2) is 46.1 Å². The number of alkyl halides is 1. The highest BCUT2D eigenvalue weighted by atomic mass is 127. The van der Waals surface area contributed by atoms with Crippen molar-refractivity contribution >= 4 is 36.3 Å². The summed E-state index contributed by atoms with van der Waals surface area (Å²) in [5.74, 6) is -0.446. The molecule has 3 rings (SSSR count). The molecular formula is C22H28FIN3O8P. The minimum Gasteiger partial charge on any atom is -0.462 e. The van der Waals surface area contributed by atoms with Crippen LogP contribution in [0.1, 0.15) is 40.3 Å². The maximum absolute atomic E-state index is 15.4. The zero-order valence-corrected chi connectivity index (χ0v) is 23.2. The summed E-state index contributed by atoms with van der Waals surface area (Å²) in [5, 5.41) is 2.55. The summed E-state index contributed by atoms with van der Waals surface area (Å²) in [4.78, 5) is 38.3. The van der Waals surface area contributed by atoms with Gasteiger partial charge in [-0.05, 0) is 62.4 Å². The molecule has 2 N–H and O–H groups in total. The quantitative estimate of drug-likeness (QED) is 0.228. The second-order valence-electron chi connectivity index (χ2n) is 8.77. The minimum absolute atomic E-state index is 0.179. The van der Waals surface area contributed by atoms with Gasteiger partial charge in [-0.1, -0.05) is 18.2 Å². The molecule has 2 heterocycles. The van der Waals surface area contributed by atoms with Crippen LogP contribution in [0.5, 0.6) is 5.75 Å². The number of nitrogens with zero attached hydrogens (tertiary/aromatic N) is 1. The topological polar surface area (TPSA) is 138 Å². The molecule has 5 atom stereocenters. The summed E-state index contributed by atoms with van der Waals surface area (Å²) in [6.45, 7) is 5.67. The first-order chi connectivity index (χ1) is 16.8. The van der Waals surface area contributed by atoms with Crippen molar-refractivity contribution in [2.75, 3.05) is 6.61 Å². The Morgan fingerprint density at radius 1 is 1.33 bits per heavy atom. The number of hydrogen-bond donors (Lipinski definition) is 2. The van der Waals surface area contributed by atoms with Crippen LogP contribution in [-0.2, 0) is 23.4 Å². The largest absolute Gasteiger partial charge is 0.462 e. The first-order valence-electron chi connectivity index (χ1n) is 11.1. The Kier molecular flexibility index (Phi) is 9.15. The van der Waals surface area contributed by atoms with Crippen LogP contribution in [0.25, 0.3) is 0 Å². The molecule has 0 saturated carbocycles. The van der Waals surface area contributed by atoms with Crippen LogP contribution in [0.4, 0.5) is 4.39 Å². The molecule has 198 valence electrons. The highest BCUT2D eigenvalue weighted by Crippen LogP contribution is 2.47. The van der Waals surface area contributed by atoms with Crippen molar-refractivity contribution in [3.05, 3.63) is 60.9 Å². The number of esters is 1. The summed E-state index contributed by atoms with van der Waals surface area (Å²) in [6, 6.07) is 7.13. The normalized spacial score (nSPS) is 24.3. The number of ether oxygens (including phenoxy) is 2. The first kappa shape index (κ1) is 28.5. The molecule has 1 fully saturated rings. The Bertz CT molecular complexity index is 1240. The number of aromatic amines is 1. The summed E-state index contributed by atoms with van der Waals surface area (Å²) in [6.07, 6.45) is -1.65. The SMILES string of the molecule is CC(C)OC(=O)[C@@H](C)NP(=O)(OC[C@@H]1C[C@@](C)(F)[C@H](n2cc(I)c(=O)[nH]c2=O)O1)Oc1ccccc1. The Morgan fingerprint density at radius 2 is 2.00 bits per heavy atom. The van der Waals surface area contributed by atoms with Crippen molar-refractivity contribution in [2.45, 2.75) is 64.3 Å². The molecule has 0 amide bonds. The third-order valence-electron chi connectivity index (χ3n) is 5.10. The summed E-state index contributed by atoms with van der Waals surface area (Å²) in [7, 11) is -4.18. The van der Waals surface area contributed by atoms with Crippen LogP contribution < -0.4 is 20.9 Å². The first-order valence-corrected chi connectivity index (χ1v) is 13.7. The fraction of sp³-hybridized carbons (Fsp3) is 0.500. The Hall–Kier alpha value is -2.06. The van der Waals surface area contributed by atoms with Crippen molar-refractivity contribution in [3.8, 4) is 5.75 Å². The van der Waals surface area contributed by atoms with Gasteiger partial charge in [0.05, 0.1) is 22.4 Å². The van der Waals surface area contributed by atoms with E-state index in [9.17, 15) is 18.9 Å².